The Morgan fingerprint density at radius 2 is 2.36 bits per heavy atom. The molecule has 0 heterocycles. The van der Waals surface area contributed by atoms with Gasteiger partial charge in [0.05, 0.1) is 11.7 Å². The van der Waals surface area contributed by atoms with Gasteiger partial charge >= 0.3 is 0 Å². The lowest BCUT2D eigenvalue weighted by molar-refractivity contribution is -0.294. The highest BCUT2D eigenvalue weighted by molar-refractivity contribution is 7.80. The van der Waals surface area contributed by atoms with Gasteiger partial charge in [0.2, 0.25) is 0 Å². The number of carbonyl (C=O) groups is 1. The normalized spacial score (nSPS) is 10.8. The molecular weight excluding hydrogens is 166 g/mol. The lowest BCUT2D eigenvalue weighted by Crippen LogP contribution is -2.34. The fourth-order valence-corrected chi connectivity index (χ4v) is 0.437. The molecule has 0 radical (unpaired) electrons. The van der Waals surface area contributed by atoms with Crippen LogP contribution in [0.5, 0.6) is 0 Å². The van der Waals surface area contributed by atoms with Crippen molar-refractivity contribution < 1.29 is 9.90 Å². The second-order valence-electron chi connectivity index (χ2n) is 1.68. The first-order valence-corrected chi connectivity index (χ1v) is 3.32. The number of aliphatic carboxylic acids is 1. The van der Waals surface area contributed by atoms with Gasteiger partial charge in [-0.15, -0.1) is 0 Å². The van der Waals surface area contributed by atoms with Crippen LogP contribution in [0.15, 0.2) is 5.10 Å². The Kier molecular flexibility index (Phi) is 4.12. The van der Waals surface area contributed by atoms with Crippen LogP contribution in [-0.4, -0.2) is 16.8 Å². The van der Waals surface area contributed by atoms with Gasteiger partial charge in [0.15, 0.2) is 5.11 Å². The number of thiocarbonyl (C=S) groups is 1. The smallest absolute Gasteiger partial charge is 0.184 e. The third-order valence-corrected chi connectivity index (χ3v) is 0.963. The number of nitrogens with one attached hydrogen (secondary N) is 1. The third-order valence-electron chi connectivity index (χ3n) is 0.872. The molecule has 0 unspecified atom stereocenters. The standard InChI is InChI=1S/C5H9N3O2S/c1-2-3(4(9)10)7-8-5(6)11/h2H2,1H3,(H,9,10)(H3,6,8,11)/p-1. The number of hydrazone groups is 1. The number of nitrogens with zero attached hydrogens (tertiary/aromatic N) is 1. The second kappa shape index (κ2) is 4.62. The fourth-order valence-electron chi connectivity index (χ4n) is 0.392. The molecule has 0 fully saturated rings. The SMILES string of the molecule is CCC(=NNC(N)=S)C(=O)[O-]. The van der Waals surface area contributed by atoms with Gasteiger partial charge in [-0.05, 0) is 18.6 Å². The Morgan fingerprint density at radius 3 is 2.64 bits per heavy atom. The van der Waals surface area contributed by atoms with E-state index in [0.29, 0.717) is 0 Å². The van der Waals surface area contributed by atoms with E-state index in [1.54, 1.807) is 6.92 Å². The first-order valence-electron chi connectivity index (χ1n) is 2.91. The van der Waals surface area contributed by atoms with E-state index in [0.717, 1.165) is 0 Å². The molecule has 5 nitrogen and oxygen atoms in total. The van der Waals surface area contributed by atoms with E-state index in [2.05, 4.69) is 22.7 Å². The number of hydrogen-bond acceptors (Lipinski definition) is 4. The van der Waals surface area contributed by atoms with Crippen molar-refractivity contribution in [3.63, 3.8) is 0 Å². The Bertz CT molecular complexity index is 202. The van der Waals surface area contributed by atoms with E-state index in [4.69, 9.17) is 5.73 Å². The largest absolute Gasteiger partial charge is 0.543 e. The molecule has 11 heavy (non-hydrogen) atoms. The van der Waals surface area contributed by atoms with Crippen molar-refractivity contribution in [2.45, 2.75) is 13.3 Å². The minimum atomic E-state index is -1.32. The second-order valence-corrected chi connectivity index (χ2v) is 2.12. The Hall–Kier alpha value is -1.17. The molecule has 0 aromatic carbocycles. The van der Waals surface area contributed by atoms with Crippen LogP contribution in [-0.2, 0) is 4.79 Å². The van der Waals surface area contributed by atoms with Gasteiger partial charge in [0.25, 0.3) is 0 Å². The van der Waals surface area contributed by atoms with Crippen LogP contribution in [0.1, 0.15) is 13.3 Å². The van der Waals surface area contributed by atoms with Crippen molar-refractivity contribution in [3.05, 3.63) is 0 Å². The lowest BCUT2D eigenvalue weighted by atomic mass is 10.3. The monoisotopic (exact) mass is 174 g/mol. The van der Waals surface area contributed by atoms with Gasteiger partial charge in [-0.3, -0.25) is 5.43 Å². The maximum Gasteiger partial charge on any atom is 0.184 e. The summed E-state index contributed by atoms with van der Waals surface area (Å²) in [6.45, 7) is 1.63. The van der Waals surface area contributed by atoms with Crippen molar-refractivity contribution >= 4 is 29.0 Å². The number of carbonyl (C=O) groups excluding carboxylic acids is 1. The number of carboxylic acids is 1. The van der Waals surface area contributed by atoms with Gasteiger partial charge in [0, 0.05) is 0 Å². The predicted octanol–water partition coefficient (Wildman–Crippen LogP) is -1.66. The number of carboxylic acid groups (broad SMARTS) is 1. The molecule has 0 rings (SSSR count). The van der Waals surface area contributed by atoms with Crippen molar-refractivity contribution in [1.82, 2.24) is 5.43 Å². The minimum Gasteiger partial charge on any atom is -0.543 e. The first-order chi connectivity index (χ1) is 5.07. The van der Waals surface area contributed by atoms with E-state index >= 15 is 0 Å². The van der Waals surface area contributed by atoms with Crippen molar-refractivity contribution in [1.29, 1.82) is 0 Å². The van der Waals surface area contributed by atoms with E-state index in [-0.39, 0.29) is 17.2 Å². The average molecular weight is 174 g/mol. The van der Waals surface area contributed by atoms with Crippen LogP contribution < -0.4 is 16.3 Å². The molecule has 0 amide bonds. The molecule has 3 N–H and O–H groups in total. The summed E-state index contributed by atoms with van der Waals surface area (Å²) in [5.74, 6) is -1.32. The first kappa shape index (κ1) is 9.83. The van der Waals surface area contributed by atoms with E-state index < -0.39 is 5.97 Å². The van der Waals surface area contributed by atoms with Crippen LogP contribution >= 0.6 is 12.2 Å². The molecule has 0 bridgehead atoms. The maximum absolute atomic E-state index is 10.2. The average Bonchev–Trinajstić information content (AvgIpc) is 1.87. The van der Waals surface area contributed by atoms with Gasteiger partial charge in [-0.1, -0.05) is 6.92 Å². The molecule has 0 aliphatic heterocycles. The van der Waals surface area contributed by atoms with Gasteiger partial charge in [-0.2, -0.15) is 5.10 Å². The zero-order chi connectivity index (χ0) is 8.85. The van der Waals surface area contributed by atoms with E-state index in [1.807, 2.05) is 0 Å². The number of nitrogens with two attached hydrogens (primary N) is 1. The number of rotatable bonds is 3. The summed E-state index contributed by atoms with van der Waals surface area (Å²) in [5.41, 5.74) is 7.04. The molecule has 0 saturated carbocycles. The van der Waals surface area contributed by atoms with Crippen molar-refractivity contribution in [3.8, 4) is 0 Å². The van der Waals surface area contributed by atoms with Crippen LogP contribution in [0, 0.1) is 0 Å². The summed E-state index contributed by atoms with van der Waals surface area (Å²) in [6, 6.07) is 0. The summed E-state index contributed by atoms with van der Waals surface area (Å²) in [5, 5.41) is 13.5. The van der Waals surface area contributed by atoms with Gasteiger partial charge < -0.3 is 15.6 Å². The zero-order valence-corrected chi connectivity index (χ0v) is 6.77. The lowest BCUT2D eigenvalue weighted by Gasteiger charge is -2.03. The molecule has 0 saturated heterocycles. The molecule has 0 aliphatic rings. The molecule has 0 aromatic heterocycles. The molecular formula is C5H8N3O2S-. The molecule has 0 aromatic rings. The Balaban J connectivity index is 4.13. The van der Waals surface area contributed by atoms with E-state index in [9.17, 15) is 9.90 Å². The predicted molar refractivity (Wildman–Crippen MR) is 42.7 cm³/mol. The van der Waals surface area contributed by atoms with Crippen LogP contribution in [0.4, 0.5) is 0 Å². The Morgan fingerprint density at radius 1 is 1.82 bits per heavy atom. The minimum absolute atomic E-state index is 0.0720. The van der Waals surface area contributed by atoms with Crippen LogP contribution in [0.25, 0.3) is 0 Å². The zero-order valence-electron chi connectivity index (χ0n) is 5.96. The van der Waals surface area contributed by atoms with Gasteiger partial charge in [-0.25, -0.2) is 0 Å². The summed E-state index contributed by atoms with van der Waals surface area (Å²) in [6.07, 6.45) is 0.262. The molecule has 62 valence electrons. The molecule has 6 heteroatoms. The fraction of sp³-hybridized carbons (Fsp3) is 0.400. The topological polar surface area (TPSA) is 90.5 Å². The quantitative estimate of drug-likeness (QED) is 0.303. The maximum atomic E-state index is 10.2. The van der Waals surface area contributed by atoms with Gasteiger partial charge in [0.1, 0.15) is 0 Å². The third kappa shape index (κ3) is 4.26. The highest BCUT2D eigenvalue weighted by Gasteiger charge is 1.95. The highest BCUT2D eigenvalue weighted by atomic mass is 32.1. The summed E-state index contributed by atoms with van der Waals surface area (Å²) < 4.78 is 0. The molecule has 0 aliphatic carbocycles. The van der Waals surface area contributed by atoms with Crippen LogP contribution in [0.2, 0.25) is 0 Å². The molecule has 0 spiro atoms. The molecule has 0 atom stereocenters. The van der Waals surface area contributed by atoms with Crippen LogP contribution in [0.3, 0.4) is 0 Å². The summed E-state index contributed by atoms with van der Waals surface area (Å²) in [4.78, 5) is 10.2. The number of hydrogen-bond donors (Lipinski definition) is 2. The Labute approximate surface area is 69.3 Å². The van der Waals surface area contributed by atoms with E-state index in [1.165, 1.54) is 0 Å². The van der Waals surface area contributed by atoms with Crippen molar-refractivity contribution in [2.24, 2.45) is 10.8 Å². The summed E-state index contributed by atoms with van der Waals surface area (Å²) in [7, 11) is 0. The van der Waals surface area contributed by atoms with Crippen molar-refractivity contribution in [2.75, 3.05) is 0 Å². The summed E-state index contributed by atoms with van der Waals surface area (Å²) >= 11 is 4.39. The highest BCUT2D eigenvalue weighted by Crippen LogP contribution is 1.81.